The fraction of sp³-hybridized carbons (Fsp3) is 0.222. The highest BCUT2D eigenvalue weighted by atomic mass is 35.5. The molecule has 1 aromatic carbocycles. The Labute approximate surface area is 81.8 Å². The van der Waals surface area contributed by atoms with Crippen molar-refractivity contribution in [2.75, 3.05) is 11.6 Å². The quantitative estimate of drug-likeness (QED) is 0.743. The lowest BCUT2D eigenvalue weighted by atomic mass is 10.3. The molecule has 2 N–H and O–H groups in total. The van der Waals surface area contributed by atoms with Crippen molar-refractivity contribution in [3.63, 3.8) is 0 Å². The summed E-state index contributed by atoms with van der Waals surface area (Å²) in [6.07, 6.45) is 0.836. The lowest BCUT2D eigenvalue weighted by molar-refractivity contribution is 0.922. The van der Waals surface area contributed by atoms with E-state index in [-0.39, 0.29) is 0 Å². The number of rotatable bonds is 1. The molecule has 0 aliphatic carbocycles. The Balaban J connectivity index is 2.22. The monoisotopic (exact) mass is 195 g/mol. The van der Waals surface area contributed by atoms with Gasteiger partial charge in [-0.15, -0.1) is 0 Å². The molecular formula is C9H10ClN3. The number of anilines is 1. The lowest BCUT2D eigenvalue weighted by Gasteiger charge is -2.12. The van der Waals surface area contributed by atoms with Gasteiger partial charge in [-0.25, -0.2) is 0 Å². The summed E-state index contributed by atoms with van der Waals surface area (Å²) in [5.74, 6) is 0.690. The summed E-state index contributed by atoms with van der Waals surface area (Å²) in [7, 11) is 0. The van der Waals surface area contributed by atoms with Crippen molar-refractivity contribution in [1.82, 2.24) is 0 Å². The van der Waals surface area contributed by atoms with E-state index in [4.69, 9.17) is 17.3 Å². The molecule has 0 atom stereocenters. The second-order valence-corrected chi connectivity index (χ2v) is 3.38. The first-order chi connectivity index (χ1) is 6.25. The van der Waals surface area contributed by atoms with Gasteiger partial charge in [0.15, 0.2) is 0 Å². The zero-order valence-corrected chi connectivity index (χ0v) is 7.83. The van der Waals surface area contributed by atoms with Crippen molar-refractivity contribution in [3.05, 3.63) is 29.3 Å². The van der Waals surface area contributed by atoms with Crippen molar-refractivity contribution in [1.29, 1.82) is 0 Å². The molecule has 2 rings (SSSR count). The van der Waals surface area contributed by atoms with E-state index in [1.165, 1.54) is 0 Å². The van der Waals surface area contributed by atoms with Crippen molar-refractivity contribution in [3.8, 4) is 0 Å². The highest BCUT2D eigenvalue weighted by Gasteiger charge is 2.12. The van der Waals surface area contributed by atoms with E-state index in [0.29, 0.717) is 5.84 Å². The molecule has 13 heavy (non-hydrogen) atoms. The molecule has 4 heteroatoms. The predicted molar refractivity (Wildman–Crippen MR) is 55.0 cm³/mol. The molecule has 1 aliphatic heterocycles. The number of nitrogens with zero attached hydrogens (tertiary/aromatic N) is 2. The molecule has 68 valence electrons. The molecule has 0 fully saturated rings. The van der Waals surface area contributed by atoms with Gasteiger partial charge >= 0.3 is 0 Å². The first-order valence-corrected chi connectivity index (χ1v) is 4.49. The molecule has 0 spiro atoms. The Morgan fingerprint density at radius 3 is 2.54 bits per heavy atom. The minimum atomic E-state index is 0.690. The maximum Gasteiger partial charge on any atom is 0.122 e. The summed E-state index contributed by atoms with van der Waals surface area (Å²) in [4.78, 5) is 0. The standard InChI is InChI=1S/C9H10ClN3/c10-7-1-3-8(4-2-7)13-6-5-9(11)12-13/h1-4H,5-6H2,(H2,11,12). The fourth-order valence-corrected chi connectivity index (χ4v) is 1.40. The smallest absolute Gasteiger partial charge is 0.122 e. The average Bonchev–Trinajstić information content (AvgIpc) is 2.53. The van der Waals surface area contributed by atoms with E-state index in [1.54, 1.807) is 0 Å². The molecule has 0 aromatic heterocycles. The van der Waals surface area contributed by atoms with Gasteiger partial charge in [-0.2, -0.15) is 5.10 Å². The van der Waals surface area contributed by atoms with Crippen LogP contribution < -0.4 is 10.7 Å². The normalized spacial score (nSPS) is 16.1. The second-order valence-electron chi connectivity index (χ2n) is 2.94. The first kappa shape index (κ1) is 8.38. The Bertz CT molecular complexity index is 331. The summed E-state index contributed by atoms with van der Waals surface area (Å²) in [6, 6.07) is 7.57. The van der Waals surface area contributed by atoms with Crippen molar-refractivity contribution in [2.45, 2.75) is 6.42 Å². The number of nitrogens with two attached hydrogens (primary N) is 1. The predicted octanol–water partition coefficient (Wildman–Crippen LogP) is 1.82. The first-order valence-electron chi connectivity index (χ1n) is 4.12. The van der Waals surface area contributed by atoms with E-state index in [2.05, 4.69) is 5.10 Å². The Morgan fingerprint density at radius 1 is 1.31 bits per heavy atom. The summed E-state index contributed by atoms with van der Waals surface area (Å²) >= 11 is 5.77. The van der Waals surface area contributed by atoms with Crippen LogP contribution in [0, 0.1) is 0 Å². The van der Waals surface area contributed by atoms with Gasteiger partial charge in [0.05, 0.1) is 5.69 Å². The molecule has 1 aromatic rings. The van der Waals surface area contributed by atoms with Crippen molar-refractivity contribution < 1.29 is 0 Å². The molecule has 3 nitrogen and oxygen atoms in total. The Hall–Kier alpha value is -1.22. The number of hydrogen-bond acceptors (Lipinski definition) is 3. The summed E-state index contributed by atoms with van der Waals surface area (Å²) in [5.41, 5.74) is 6.61. The van der Waals surface area contributed by atoms with Gasteiger partial charge in [-0.05, 0) is 24.3 Å². The highest BCUT2D eigenvalue weighted by Crippen LogP contribution is 2.20. The number of benzene rings is 1. The van der Waals surface area contributed by atoms with Crippen LogP contribution >= 0.6 is 11.6 Å². The van der Waals surface area contributed by atoms with Crippen LogP contribution in [0.1, 0.15) is 6.42 Å². The minimum Gasteiger partial charge on any atom is -0.386 e. The second kappa shape index (κ2) is 3.26. The number of hydrogen-bond donors (Lipinski definition) is 1. The van der Waals surface area contributed by atoms with Crippen LogP contribution in [0.15, 0.2) is 29.4 Å². The Morgan fingerprint density at radius 2 is 2.00 bits per heavy atom. The van der Waals surface area contributed by atoms with Crippen LogP contribution in [0.25, 0.3) is 0 Å². The largest absolute Gasteiger partial charge is 0.386 e. The van der Waals surface area contributed by atoms with Gasteiger partial charge in [-0.1, -0.05) is 11.6 Å². The Kier molecular flexibility index (Phi) is 2.10. The fourth-order valence-electron chi connectivity index (χ4n) is 1.28. The van der Waals surface area contributed by atoms with E-state index in [0.717, 1.165) is 23.7 Å². The van der Waals surface area contributed by atoms with Gasteiger partial charge in [0, 0.05) is 18.0 Å². The number of amidine groups is 1. The number of hydrazone groups is 1. The maximum atomic E-state index is 5.77. The van der Waals surface area contributed by atoms with Crippen LogP contribution in [0.2, 0.25) is 5.02 Å². The van der Waals surface area contributed by atoms with E-state index in [1.807, 2.05) is 29.3 Å². The van der Waals surface area contributed by atoms with E-state index < -0.39 is 0 Å². The molecule has 1 aliphatic rings. The third kappa shape index (κ3) is 1.75. The molecular weight excluding hydrogens is 186 g/mol. The van der Waals surface area contributed by atoms with Crippen LogP contribution in [-0.4, -0.2) is 12.4 Å². The minimum absolute atomic E-state index is 0.690. The van der Waals surface area contributed by atoms with Gasteiger partial charge < -0.3 is 5.73 Å². The average molecular weight is 196 g/mol. The molecule has 0 radical (unpaired) electrons. The van der Waals surface area contributed by atoms with E-state index in [9.17, 15) is 0 Å². The third-order valence-electron chi connectivity index (χ3n) is 1.95. The SMILES string of the molecule is NC1=NN(c2ccc(Cl)cc2)CC1. The summed E-state index contributed by atoms with van der Waals surface area (Å²) in [5, 5.41) is 6.79. The van der Waals surface area contributed by atoms with Gasteiger partial charge in [0.25, 0.3) is 0 Å². The third-order valence-corrected chi connectivity index (χ3v) is 2.21. The molecule has 1 heterocycles. The van der Waals surface area contributed by atoms with Gasteiger partial charge in [0.2, 0.25) is 0 Å². The van der Waals surface area contributed by atoms with Crippen molar-refractivity contribution >= 4 is 23.1 Å². The maximum absolute atomic E-state index is 5.77. The van der Waals surface area contributed by atoms with Crippen LogP contribution in [0.4, 0.5) is 5.69 Å². The molecule has 0 unspecified atom stereocenters. The van der Waals surface area contributed by atoms with Crippen molar-refractivity contribution in [2.24, 2.45) is 10.8 Å². The zero-order valence-electron chi connectivity index (χ0n) is 7.07. The lowest BCUT2D eigenvalue weighted by Crippen LogP contribution is -2.11. The van der Waals surface area contributed by atoms with Crippen LogP contribution in [0.3, 0.4) is 0 Å². The topological polar surface area (TPSA) is 41.6 Å². The van der Waals surface area contributed by atoms with Crippen LogP contribution in [-0.2, 0) is 0 Å². The van der Waals surface area contributed by atoms with E-state index >= 15 is 0 Å². The van der Waals surface area contributed by atoms with Crippen LogP contribution in [0.5, 0.6) is 0 Å². The molecule has 0 amide bonds. The summed E-state index contributed by atoms with van der Waals surface area (Å²) in [6.45, 7) is 0.855. The van der Waals surface area contributed by atoms with Gasteiger partial charge in [-0.3, -0.25) is 5.01 Å². The highest BCUT2D eigenvalue weighted by molar-refractivity contribution is 6.30. The molecule has 0 bridgehead atoms. The summed E-state index contributed by atoms with van der Waals surface area (Å²) < 4.78 is 0. The molecule has 0 saturated carbocycles. The zero-order chi connectivity index (χ0) is 9.26. The van der Waals surface area contributed by atoms with Gasteiger partial charge in [0.1, 0.15) is 5.84 Å². The molecule has 0 saturated heterocycles. The number of halogens is 1.